The summed E-state index contributed by atoms with van der Waals surface area (Å²) in [6.45, 7) is 9.71. The van der Waals surface area contributed by atoms with Crippen molar-refractivity contribution in [1.29, 1.82) is 0 Å². The van der Waals surface area contributed by atoms with Crippen molar-refractivity contribution in [1.82, 2.24) is 15.6 Å². The summed E-state index contributed by atoms with van der Waals surface area (Å²) in [5, 5.41) is 6.64. The van der Waals surface area contributed by atoms with Gasteiger partial charge in [0.2, 0.25) is 5.91 Å². The van der Waals surface area contributed by atoms with E-state index in [9.17, 15) is 9.59 Å². The fraction of sp³-hybridized carbons (Fsp3) is 0.409. The van der Waals surface area contributed by atoms with Gasteiger partial charge in [-0.15, -0.1) is 0 Å². The first-order valence-corrected chi connectivity index (χ1v) is 9.45. The van der Waals surface area contributed by atoms with Crippen LogP contribution in [-0.2, 0) is 9.53 Å². The molecule has 0 aliphatic carbocycles. The van der Waals surface area contributed by atoms with Gasteiger partial charge in [-0.05, 0) is 50.5 Å². The summed E-state index contributed by atoms with van der Waals surface area (Å²) < 4.78 is 5.29. The Morgan fingerprint density at radius 3 is 2.57 bits per heavy atom. The van der Waals surface area contributed by atoms with Crippen LogP contribution in [0.4, 0.5) is 4.79 Å². The first-order valence-electron chi connectivity index (χ1n) is 9.45. The largest absolute Gasteiger partial charge is 0.444 e. The lowest BCUT2D eigenvalue weighted by Gasteiger charge is -2.25. The summed E-state index contributed by atoms with van der Waals surface area (Å²) in [6.07, 6.45) is 4.50. The molecule has 0 spiro atoms. The maximum Gasteiger partial charge on any atom is 0.407 e. The van der Waals surface area contributed by atoms with Crippen molar-refractivity contribution in [2.75, 3.05) is 6.54 Å². The van der Waals surface area contributed by atoms with E-state index in [0.717, 1.165) is 16.5 Å². The first-order chi connectivity index (χ1) is 13.2. The molecular formula is C22H29N3O3. The van der Waals surface area contributed by atoms with Gasteiger partial charge in [0.15, 0.2) is 0 Å². The second-order valence-electron chi connectivity index (χ2n) is 7.99. The Bertz CT molecular complexity index is 848. The van der Waals surface area contributed by atoms with E-state index in [1.54, 1.807) is 12.3 Å². The third-order valence-electron chi connectivity index (χ3n) is 4.10. The number of benzene rings is 1. The maximum absolute atomic E-state index is 12.2. The van der Waals surface area contributed by atoms with Crippen molar-refractivity contribution >= 4 is 29.0 Å². The van der Waals surface area contributed by atoms with Crippen molar-refractivity contribution < 1.29 is 14.3 Å². The van der Waals surface area contributed by atoms with Crippen LogP contribution in [0, 0.1) is 5.92 Å². The average molecular weight is 383 g/mol. The van der Waals surface area contributed by atoms with Crippen LogP contribution in [0.15, 0.2) is 42.6 Å². The van der Waals surface area contributed by atoms with E-state index in [4.69, 9.17) is 4.74 Å². The van der Waals surface area contributed by atoms with E-state index >= 15 is 0 Å². The van der Waals surface area contributed by atoms with E-state index in [1.807, 2.05) is 65.0 Å². The molecule has 150 valence electrons. The molecule has 2 amide bonds. The molecule has 0 bridgehead atoms. The molecule has 0 aliphatic rings. The van der Waals surface area contributed by atoms with Crippen LogP contribution < -0.4 is 10.6 Å². The standard InChI is InChI=1S/C22H29N3O3/c1-15(2)19(25-21(27)28-22(3,4)5)14-24-20(26)11-10-16-12-13-23-18-9-7-6-8-17(16)18/h6-13,15,19H,14H2,1-5H3,(H,24,26)(H,25,27)/b11-10+. The number of amides is 2. The minimum Gasteiger partial charge on any atom is -0.444 e. The second kappa shape index (κ2) is 9.35. The van der Waals surface area contributed by atoms with Crippen LogP contribution in [-0.4, -0.2) is 35.2 Å². The van der Waals surface area contributed by atoms with Crippen LogP contribution in [0.1, 0.15) is 40.2 Å². The summed E-state index contributed by atoms with van der Waals surface area (Å²) in [7, 11) is 0. The molecule has 6 nitrogen and oxygen atoms in total. The molecule has 28 heavy (non-hydrogen) atoms. The van der Waals surface area contributed by atoms with Gasteiger partial charge in [0.05, 0.1) is 11.6 Å². The van der Waals surface area contributed by atoms with Crippen LogP contribution in [0.2, 0.25) is 0 Å². The van der Waals surface area contributed by atoms with Gasteiger partial charge in [-0.25, -0.2) is 4.79 Å². The number of rotatable bonds is 6. The lowest BCUT2D eigenvalue weighted by atomic mass is 10.0. The molecule has 2 aromatic rings. The highest BCUT2D eigenvalue weighted by Gasteiger charge is 2.21. The fourth-order valence-electron chi connectivity index (χ4n) is 2.61. The zero-order valence-electron chi connectivity index (χ0n) is 17.2. The van der Waals surface area contributed by atoms with E-state index in [0.29, 0.717) is 6.54 Å². The molecule has 6 heteroatoms. The number of alkyl carbamates (subject to hydrolysis) is 1. The van der Waals surface area contributed by atoms with Gasteiger partial charge in [-0.2, -0.15) is 0 Å². The monoisotopic (exact) mass is 383 g/mol. The number of nitrogens with zero attached hydrogens (tertiary/aromatic N) is 1. The zero-order chi connectivity index (χ0) is 20.7. The van der Waals surface area contributed by atoms with E-state index in [1.165, 1.54) is 6.08 Å². The summed E-state index contributed by atoms with van der Waals surface area (Å²) in [5.41, 5.74) is 1.24. The van der Waals surface area contributed by atoms with Gasteiger partial charge >= 0.3 is 6.09 Å². The molecule has 2 N–H and O–H groups in total. The number of hydrogen-bond acceptors (Lipinski definition) is 4. The Labute approximate surface area is 166 Å². The molecule has 1 unspecified atom stereocenters. The molecule has 2 rings (SSSR count). The smallest absolute Gasteiger partial charge is 0.407 e. The van der Waals surface area contributed by atoms with Crippen molar-refractivity contribution in [2.45, 2.75) is 46.3 Å². The molecule has 0 saturated heterocycles. The maximum atomic E-state index is 12.2. The lowest BCUT2D eigenvalue weighted by molar-refractivity contribution is -0.116. The SMILES string of the molecule is CC(C)C(CNC(=O)/C=C/c1ccnc2ccccc12)NC(=O)OC(C)(C)C. The van der Waals surface area contributed by atoms with Gasteiger partial charge in [0, 0.05) is 24.2 Å². The molecular weight excluding hydrogens is 354 g/mol. The van der Waals surface area contributed by atoms with Crippen molar-refractivity contribution in [3.8, 4) is 0 Å². The number of carbonyl (C=O) groups excluding carboxylic acids is 2. The van der Waals surface area contributed by atoms with E-state index < -0.39 is 11.7 Å². The number of hydrogen-bond donors (Lipinski definition) is 2. The number of fused-ring (bicyclic) bond motifs is 1. The Hall–Kier alpha value is -2.89. The van der Waals surface area contributed by atoms with Crippen LogP contribution in [0.25, 0.3) is 17.0 Å². The summed E-state index contributed by atoms with van der Waals surface area (Å²) in [5.74, 6) is -0.0847. The molecule has 1 heterocycles. The lowest BCUT2D eigenvalue weighted by Crippen LogP contribution is -2.47. The van der Waals surface area contributed by atoms with Gasteiger partial charge in [-0.3, -0.25) is 9.78 Å². The Morgan fingerprint density at radius 1 is 1.18 bits per heavy atom. The predicted octanol–water partition coefficient (Wildman–Crippen LogP) is 3.91. The van der Waals surface area contributed by atoms with E-state index in [2.05, 4.69) is 15.6 Å². The Morgan fingerprint density at radius 2 is 1.89 bits per heavy atom. The summed E-state index contributed by atoms with van der Waals surface area (Å²) in [6, 6.07) is 9.42. The molecule has 0 aliphatic heterocycles. The molecule has 1 aromatic heterocycles. The number of carbonyl (C=O) groups is 2. The molecule has 0 saturated carbocycles. The number of aromatic nitrogens is 1. The summed E-state index contributed by atoms with van der Waals surface area (Å²) >= 11 is 0. The van der Waals surface area contributed by atoms with Gasteiger partial charge in [0.25, 0.3) is 0 Å². The highest BCUT2D eigenvalue weighted by molar-refractivity contribution is 5.95. The Balaban J connectivity index is 1.95. The van der Waals surface area contributed by atoms with Gasteiger partial charge in [-0.1, -0.05) is 32.0 Å². The zero-order valence-corrected chi connectivity index (χ0v) is 17.2. The number of ether oxygens (including phenoxy) is 1. The first kappa shape index (κ1) is 21.4. The van der Waals surface area contributed by atoms with Crippen molar-refractivity contribution in [2.24, 2.45) is 5.92 Å². The Kier molecular flexibility index (Phi) is 7.15. The third kappa shape index (κ3) is 6.68. The molecule has 0 fully saturated rings. The number of nitrogens with one attached hydrogen (secondary N) is 2. The highest BCUT2D eigenvalue weighted by atomic mass is 16.6. The van der Waals surface area contributed by atoms with Gasteiger partial charge in [0.1, 0.15) is 5.60 Å². The van der Waals surface area contributed by atoms with Crippen molar-refractivity contribution in [3.63, 3.8) is 0 Å². The minimum atomic E-state index is -0.565. The van der Waals surface area contributed by atoms with Crippen LogP contribution >= 0.6 is 0 Å². The molecule has 1 aromatic carbocycles. The van der Waals surface area contributed by atoms with Gasteiger partial charge < -0.3 is 15.4 Å². The average Bonchev–Trinajstić information content (AvgIpc) is 2.61. The second-order valence-corrected chi connectivity index (χ2v) is 7.99. The minimum absolute atomic E-state index is 0.140. The molecule has 0 radical (unpaired) electrons. The van der Waals surface area contributed by atoms with Crippen LogP contribution in [0.3, 0.4) is 0 Å². The highest BCUT2D eigenvalue weighted by Crippen LogP contribution is 2.17. The molecule has 1 atom stereocenters. The third-order valence-corrected chi connectivity index (χ3v) is 4.10. The topological polar surface area (TPSA) is 80.3 Å². The number of para-hydroxylation sites is 1. The summed E-state index contributed by atoms with van der Waals surface area (Å²) in [4.78, 5) is 28.5. The van der Waals surface area contributed by atoms with E-state index in [-0.39, 0.29) is 17.9 Å². The van der Waals surface area contributed by atoms with Crippen LogP contribution in [0.5, 0.6) is 0 Å². The predicted molar refractivity (Wildman–Crippen MR) is 112 cm³/mol. The normalized spacial score (nSPS) is 12.9. The fourth-order valence-corrected chi connectivity index (χ4v) is 2.61. The van der Waals surface area contributed by atoms with Crippen molar-refractivity contribution in [3.05, 3.63) is 48.2 Å². The number of pyridine rings is 1. The quantitative estimate of drug-likeness (QED) is 0.741.